The molecule has 76 heavy (non-hydrogen) atoms. The van der Waals surface area contributed by atoms with E-state index >= 15 is 0 Å². The lowest BCUT2D eigenvalue weighted by atomic mass is 9.70. The second kappa shape index (κ2) is 16.0. The number of fused-ring (bicyclic) bond motifs is 17. The first-order chi connectivity index (χ1) is 57.9. The van der Waals surface area contributed by atoms with Crippen molar-refractivity contribution in [1.82, 2.24) is 0 Å². The molecular formula is C74H49NO. The molecule has 0 saturated heterocycles. The smallest absolute Gasteiger partial charge is 0.137 e. The van der Waals surface area contributed by atoms with Crippen LogP contribution in [-0.4, -0.2) is 0 Å². The Hall–Kier alpha value is -9.50. The van der Waals surface area contributed by atoms with Crippen molar-refractivity contribution in [2.45, 2.75) is 24.5 Å². The van der Waals surface area contributed by atoms with E-state index in [1.54, 1.807) is 0 Å². The van der Waals surface area contributed by atoms with Gasteiger partial charge in [-0.3, -0.25) is 0 Å². The molecule has 1 spiro atoms. The van der Waals surface area contributed by atoms with Crippen molar-refractivity contribution in [3.05, 3.63) is 293 Å². The monoisotopic (exact) mass is 1020 g/mol. The summed E-state index contributed by atoms with van der Waals surface area (Å²) < 4.78 is 470. The van der Waals surface area contributed by atoms with Crippen molar-refractivity contribution in [1.29, 1.82) is 0 Å². The van der Waals surface area contributed by atoms with Crippen LogP contribution in [0.4, 0.5) is 17.1 Å². The van der Waals surface area contributed by atoms with Gasteiger partial charge < -0.3 is 9.32 Å². The molecule has 1 aromatic heterocycles. The molecule has 0 N–H and O–H groups in total. The van der Waals surface area contributed by atoms with Crippen LogP contribution in [0.3, 0.4) is 0 Å². The predicted molar refractivity (Wildman–Crippen MR) is 316 cm³/mol. The van der Waals surface area contributed by atoms with Crippen LogP contribution >= 0.6 is 0 Å². The highest BCUT2D eigenvalue weighted by Gasteiger charge is 2.51. The fourth-order valence-electron chi connectivity index (χ4n) is 10.2. The highest BCUT2D eigenvalue weighted by Crippen LogP contribution is 2.63. The number of furan rings is 1. The first-order valence-electron chi connectivity index (χ1n) is 47.1. The maximum Gasteiger partial charge on any atom is 0.137 e. The van der Waals surface area contributed by atoms with Gasteiger partial charge in [-0.2, -0.15) is 0 Å². The van der Waals surface area contributed by atoms with E-state index in [1.807, 2.05) is 0 Å². The Morgan fingerprint density at radius 2 is 0.868 bits per heavy atom. The van der Waals surface area contributed by atoms with Gasteiger partial charge in [0.1, 0.15) is 11.2 Å². The molecule has 0 amide bonds. The molecule has 2 heteroatoms. The average molecular weight is 1020 g/mol. The van der Waals surface area contributed by atoms with Crippen LogP contribution in [0, 0.1) is 0 Å². The summed E-state index contributed by atoms with van der Waals surface area (Å²) in [4.78, 5) is 0.191. The van der Waals surface area contributed by atoms with E-state index in [0.717, 1.165) is 0 Å². The Labute approximate surface area is 511 Å². The van der Waals surface area contributed by atoms with Crippen molar-refractivity contribution in [2.75, 3.05) is 4.90 Å². The quantitative estimate of drug-likeness (QED) is 0.165. The molecule has 0 saturated carbocycles. The number of benzene rings is 12. The van der Waals surface area contributed by atoms with Gasteiger partial charge >= 0.3 is 0 Å². The molecule has 0 aliphatic heterocycles. The minimum atomic E-state index is -4.01. The third-order valence-electron chi connectivity index (χ3n) is 13.4. The van der Waals surface area contributed by atoms with E-state index in [-0.39, 0.29) is 4.90 Å². The molecule has 3 aliphatic carbocycles. The topological polar surface area (TPSA) is 16.4 Å². The number of anilines is 3. The summed E-state index contributed by atoms with van der Waals surface area (Å²) >= 11 is 0. The van der Waals surface area contributed by atoms with E-state index in [9.17, 15) is 41.1 Å². The molecule has 13 aromatic rings. The normalized spacial score (nSPS) is 23.3. The Bertz CT molecular complexity index is 7270. The summed E-state index contributed by atoms with van der Waals surface area (Å²) in [5, 5.41) is -3.41. The Morgan fingerprint density at radius 1 is 0.329 bits per heavy atom. The summed E-state index contributed by atoms with van der Waals surface area (Å²) in [5.74, 6) is 0. The number of hydrogen-bond donors (Lipinski definition) is 0. The van der Waals surface area contributed by atoms with Crippen LogP contribution in [0.5, 0.6) is 0 Å². The number of rotatable bonds is 6. The zero-order chi connectivity index (χ0) is 92.7. The van der Waals surface area contributed by atoms with Crippen molar-refractivity contribution < 1.29 is 71.6 Å². The Morgan fingerprint density at radius 3 is 1.61 bits per heavy atom. The first kappa shape index (κ1) is 16.8. The van der Waals surface area contributed by atoms with Gasteiger partial charge in [-0.1, -0.05) is 219 Å². The molecule has 0 fully saturated rings. The number of hydrogen-bond acceptors (Lipinski definition) is 2. The summed E-state index contributed by atoms with van der Waals surface area (Å²) in [6.07, 6.45) is 0. The molecular weight excluding hydrogens is 919 g/mol. The van der Waals surface area contributed by atoms with Crippen molar-refractivity contribution in [2.24, 2.45) is 0 Å². The van der Waals surface area contributed by atoms with Gasteiger partial charge in [-0.05, 0) is 159 Å². The van der Waals surface area contributed by atoms with Gasteiger partial charge in [0.15, 0.2) is 0 Å². The second-order valence-electron chi connectivity index (χ2n) is 17.3. The largest absolute Gasteiger partial charge is 0.456 e. The highest BCUT2D eigenvalue weighted by molar-refractivity contribution is 6.07. The van der Waals surface area contributed by atoms with E-state index in [2.05, 4.69) is 0 Å². The molecule has 0 radical (unpaired) electrons. The zero-order valence-electron chi connectivity index (χ0n) is 86.9. The zero-order valence-corrected chi connectivity index (χ0v) is 37.9. The maximum atomic E-state index is 11.0. The van der Waals surface area contributed by atoms with E-state index < -0.39 is 434 Å². The summed E-state index contributed by atoms with van der Waals surface area (Å²) in [7, 11) is 0. The van der Waals surface area contributed by atoms with Crippen LogP contribution < -0.4 is 4.90 Å². The molecule has 3 aliphatic rings. The molecule has 12 aromatic carbocycles. The van der Waals surface area contributed by atoms with Gasteiger partial charge in [-0.25, -0.2) is 0 Å². The predicted octanol–water partition coefficient (Wildman–Crippen LogP) is 19.9. The lowest BCUT2D eigenvalue weighted by molar-refractivity contribution is 0.660. The Kier molecular flexibility index (Phi) is 3.53. The first-order valence-corrected chi connectivity index (χ1v) is 22.6. The summed E-state index contributed by atoms with van der Waals surface area (Å²) in [5.41, 5.74) is -32.4. The number of nitrogens with zero attached hydrogens (tertiary/aromatic N) is 1. The third-order valence-corrected chi connectivity index (χ3v) is 13.4. The van der Waals surface area contributed by atoms with Gasteiger partial charge in [-0.15, -0.1) is 0 Å². The van der Waals surface area contributed by atoms with E-state index in [4.69, 9.17) is 30.5 Å². The standard InChI is InChI=1S/C74H49NO/c1-73(2)64-25-10-5-23-59(64)63-43-50(35-41-65(63)73)72-54-19-4-3-16-47(54)34-38-55(72)48-32-30-46(31-33-48)49-17-15-18-51(42-49)75(53-37-40-62-61-24-9-14-29-70(61)76-71(62)45-53)52-36-39-60-58-22-8-13-28-68(58)74(69(60)44-52)66-26-11-6-20-56(66)57-21-7-12-27-67(57)74/h3-45H,1-2H3/i1D3,2D3,3D,4D,5D,6D,7D,8D,9D,10D,11D,12D,13D,14D,15D,16D,17D,18D,19D,20D,21D,22D,23D,24D,25D,26D,27D,28D,29D,30D,31D,32D,33D,34D,35D,36D,37D,38D,39D,40D,41D,42D,43D,44D,45D. The van der Waals surface area contributed by atoms with Crippen LogP contribution in [0.1, 0.15) is 114 Å². The molecule has 2 nitrogen and oxygen atoms in total. The van der Waals surface area contributed by atoms with Gasteiger partial charge in [0.25, 0.3) is 0 Å². The van der Waals surface area contributed by atoms with Crippen LogP contribution in [0.25, 0.3) is 99.5 Å². The molecule has 0 bridgehead atoms. The lowest BCUT2D eigenvalue weighted by Gasteiger charge is -2.32. The third kappa shape index (κ3) is 5.98. The van der Waals surface area contributed by atoms with Gasteiger partial charge in [0.2, 0.25) is 0 Å². The summed E-state index contributed by atoms with van der Waals surface area (Å²) in [6, 6.07) is -54.3. The fourth-order valence-corrected chi connectivity index (χ4v) is 10.2. The molecule has 0 unspecified atom stereocenters. The molecule has 0 atom stereocenters. The van der Waals surface area contributed by atoms with Gasteiger partial charge in [0.05, 0.1) is 64.4 Å². The van der Waals surface area contributed by atoms with E-state index in [0.29, 0.717) is 0 Å². The highest BCUT2D eigenvalue weighted by atomic mass is 16.3. The maximum absolute atomic E-state index is 11.0. The SMILES string of the molecule is [2H]c1c([2H])c([2H])c2c(c1[2H])-c1c([2H])c([2H])c([2H])c([2H])c1C21c2c([2H])c([2H])c([2H])c([2H])c2-c2c([2H])c([2H])c(N(c3c([2H])c([2H])c([2H])c(-c4c([2H])c([2H])c(-c5c([2H])c([2H])c6c([2H])c([2H])c([2H])c([2H])c6c5-c5c([2H])c([2H])c6c(c5[2H])-c5c([2H])c([2H])c([2H])c([2H])c5C6(C([2H])([2H])[2H])C([2H])([2H])[2H])c([2H])c4[2H])c3[2H])c3c([2H])c([2H])c4c(oc5c([2H])c([2H])c([2H])c([2H])c54)c3[2H])c([2H])c21. The van der Waals surface area contributed by atoms with E-state index in [1.165, 1.54) is 0 Å². The van der Waals surface area contributed by atoms with Crippen molar-refractivity contribution in [3.8, 4) is 66.8 Å². The van der Waals surface area contributed by atoms with Crippen LogP contribution in [-0.2, 0) is 10.8 Å². The fraction of sp³-hybridized carbons (Fsp3) is 0.0541. The molecule has 356 valence electrons. The van der Waals surface area contributed by atoms with Crippen LogP contribution in [0.15, 0.2) is 264 Å². The average Bonchev–Trinajstić information content (AvgIpc) is 1.50. The second-order valence-corrected chi connectivity index (χ2v) is 17.3. The minimum Gasteiger partial charge on any atom is -0.456 e. The minimum absolute atomic E-state index is 0.191. The summed E-state index contributed by atoms with van der Waals surface area (Å²) in [6.45, 7) is -8.03. The van der Waals surface area contributed by atoms with Crippen LogP contribution in [0.2, 0.25) is 0 Å². The number of para-hydroxylation sites is 1. The lowest BCUT2D eigenvalue weighted by Crippen LogP contribution is -2.26. The molecule has 1 heterocycles. The van der Waals surface area contributed by atoms with Crippen molar-refractivity contribution >= 4 is 49.8 Å². The van der Waals surface area contributed by atoms with Gasteiger partial charge in [0, 0.05) is 47.5 Å². The van der Waals surface area contributed by atoms with Crippen molar-refractivity contribution in [3.63, 3.8) is 0 Å². The molecule has 16 rings (SSSR count). The Balaban J connectivity index is 1.07.